The fourth-order valence-electron chi connectivity index (χ4n) is 2.33. The molecule has 2 aliphatic heterocycles. The van der Waals surface area contributed by atoms with E-state index in [-0.39, 0.29) is 11.4 Å². The number of cyclic esters (lactones) is 1. The van der Waals surface area contributed by atoms with Gasteiger partial charge in [0.2, 0.25) is 0 Å². The van der Waals surface area contributed by atoms with Gasteiger partial charge in [-0.15, -0.1) is 0 Å². The first-order valence-electron chi connectivity index (χ1n) is 4.66. The molecule has 2 atom stereocenters. The van der Waals surface area contributed by atoms with Crippen molar-refractivity contribution in [2.75, 3.05) is 13.2 Å². The Morgan fingerprint density at radius 2 is 2.42 bits per heavy atom. The van der Waals surface area contributed by atoms with E-state index in [0.717, 1.165) is 25.8 Å². The third kappa shape index (κ3) is 0.959. The van der Waals surface area contributed by atoms with Crippen LogP contribution in [0.2, 0.25) is 0 Å². The van der Waals surface area contributed by atoms with Crippen molar-refractivity contribution >= 4 is 5.97 Å². The van der Waals surface area contributed by atoms with E-state index in [1.165, 1.54) is 0 Å². The molecule has 2 fully saturated rings. The second kappa shape index (κ2) is 2.73. The van der Waals surface area contributed by atoms with Crippen LogP contribution in [0.3, 0.4) is 0 Å². The van der Waals surface area contributed by atoms with Gasteiger partial charge >= 0.3 is 5.97 Å². The normalized spacial score (nSPS) is 41.8. The maximum absolute atomic E-state index is 11.5. The van der Waals surface area contributed by atoms with Crippen LogP contribution in [0.15, 0.2) is 0 Å². The Balaban J connectivity index is 2.21. The van der Waals surface area contributed by atoms with Crippen LogP contribution in [-0.2, 0) is 9.53 Å². The summed E-state index contributed by atoms with van der Waals surface area (Å²) in [6.45, 7) is 3.74. The van der Waals surface area contributed by atoms with Crippen molar-refractivity contribution in [2.24, 2.45) is 5.41 Å². The highest BCUT2D eigenvalue weighted by Crippen LogP contribution is 2.40. The van der Waals surface area contributed by atoms with E-state index in [1.807, 2.05) is 0 Å². The molecule has 0 aromatic carbocycles. The Bertz CT molecular complexity index is 205. The van der Waals surface area contributed by atoms with Gasteiger partial charge in [-0.3, -0.25) is 4.79 Å². The van der Waals surface area contributed by atoms with Crippen molar-refractivity contribution < 1.29 is 9.53 Å². The van der Waals surface area contributed by atoms with E-state index in [4.69, 9.17) is 4.74 Å². The second-order valence-electron chi connectivity index (χ2n) is 3.82. The topological polar surface area (TPSA) is 38.3 Å². The zero-order chi connectivity index (χ0) is 8.60. The Morgan fingerprint density at radius 1 is 1.58 bits per heavy atom. The van der Waals surface area contributed by atoms with Crippen LogP contribution in [0, 0.1) is 5.41 Å². The summed E-state index contributed by atoms with van der Waals surface area (Å²) in [5.74, 6) is 0.0159. The number of nitrogens with one attached hydrogen (secondary N) is 1. The highest BCUT2D eigenvalue weighted by Gasteiger charge is 2.49. The molecule has 0 unspecified atom stereocenters. The first kappa shape index (κ1) is 8.05. The fourth-order valence-corrected chi connectivity index (χ4v) is 2.33. The lowest BCUT2D eigenvalue weighted by molar-refractivity contribution is -0.148. The zero-order valence-corrected chi connectivity index (χ0v) is 7.43. The third-order valence-electron chi connectivity index (χ3n) is 3.27. The molecule has 0 saturated carbocycles. The summed E-state index contributed by atoms with van der Waals surface area (Å²) in [5, 5.41) is 3.34. The highest BCUT2D eigenvalue weighted by atomic mass is 16.5. The molecule has 68 valence electrons. The van der Waals surface area contributed by atoms with Gasteiger partial charge in [-0.05, 0) is 32.7 Å². The van der Waals surface area contributed by atoms with Gasteiger partial charge in [0.25, 0.3) is 0 Å². The molecule has 0 aromatic rings. The lowest BCUT2D eigenvalue weighted by Crippen LogP contribution is -2.50. The van der Waals surface area contributed by atoms with E-state index in [2.05, 4.69) is 12.2 Å². The van der Waals surface area contributed by atoms with Crippen molar-refractivity contribution in [2.45, 2.75) is 32.2 Å². The monoisotopic (exact) mass is 169 g/mol. The quantitative estimate of drug-likeness (QED) is 0.542. The van der Waals surface area contributed by atoms with Crippen LogP contribution < -0.4 is 5.32 Å². The minimum absolute atomic E-state index is 0.0159. The molecule has 1 spiro atoms. The molecular weight excluding hydrogens is 154 g/mol. The predicted octanol–water partition coefficient (Wildman–Crippen LogP) is 0.692. The van der Waals surface area contributed by atoms with Crippen molar-refractivity contribution in [3.05, 3.63) is 0 Å². The number of rotatable bonds is 0. The molecule has 2 saturated heterocycles. The highest BCUT2D eigenvalue weighted by molar-refractivity contribution is 5.79. The van der Waals surface area contributed by atoms with Gasteiger partial charge in [0, 0.05) is 6.04 Å². The van der Waals surface area contributed by atoms with Crippen LogP contribution in [0.1, 0.15) is 26.2 Å². The Hall–Kier alpha value is -0.570. The maximum Gasteiger partial charge on any atom is 0.313 e. The lowest BCUT2D eigenvalue weighted by atomic mass is 9.74. The van der Waals surface area contributed by atoms with Crippen LogP contribution in [-0.4, -0.2) is 25.2 Å². The molecule has 0 aromatic heterocycles. The van der Waals surface area contributed by atoms with E-state index in [1.54, 1.807) is 0 Å². The van der Waals surface area contributed by atoms with Gasteiger partial charge in [-0.2, -0.15) is 0 Å². The van der Waals surface area contributed by atoms with Gasteiger partial charge < -0.3 is 10.1 Å². The zero-order valence-electron chi connectivity index (χ0n) is 7.43. The minimum Gasteiger partial charge on any atom is -0.465 e. The third-order valence-corrected chi connectivity index (χ3v) is 3.27. The maximum atomic E-state index is 11.5. The molecule has 0 aliphatic carbocycles. The van der Waals surface area contributed by atoms with Gasteiger partial charge in [-0.25, -0.2) is 0 Å². The molecule has 3 heteroatoms. The van der Waals surface area contributed by atoms with E-state index in [0.29, 0.717) is 12.6 Å². The molecule has 1 N–H and O–H groups in total. The average molecular weight is 169 g/mol. The number of carbonyl (C=O) groups is 1. The molecule has 0 bridgehead atoms. The standard InChI is InChI=1S/C9H15NO2/c1-7-9(3-2-5-10-7)4-6-12-8(9)11/h7,10H,2-6H2,1H3/t7-,9+/m1/s1. The summed E-state index contributed by atoms with van der Waals surface area (Å²) in [7, 11) is 0. The number of hydrogen-bond acceptors (Lipinski definition) is 3. The van der Waals surface area contributed by atoms with Crippen LogP contribution in [0.5, 0.6) is 0 Å². The first-order valence-corrected chi connectivity index (χ1v) is 4.66. The number of carbonyl (C=O) groups excluding carboxylic acids is 1. The molecule has 0 amide bonds. The summed E-state index contributed by atoms with van der Waals surface area (Å²) in [5.41, 5.74) is -0.182. The summed E-state index contributed by atoms with van der Waals surface area (Å²) in [6, 6.07) is 0.293. The molecule has 2 aliphatic rings. The molecule has 12 heavy (non-hydrogen) atoms. The molecule has 3 nitrogen and oxygen atoms in total. The smallest absolute Gasteiger partial charge is 0.313 e. The molecule has 0 radical (unpaired) electrons. The molecular formula is C9H15NO2. The average Bonchev–Trinajstić information content (AvgIpc) is 2.41. The Labute approximate surface area is 72.5 Å². The van der Waals surface area contributed by atoms with E-state index >= 15 is 0 Å². The van der Waals surface area contributed by atoms with Crippen molar-refractivity contribution in [3.8, 4) is 0 Å². The van der Waals surface area contributed by atoms with Gasteiger partial charge in [0.05, 0.1) is 12.0 Å². The van der Waals surface area contributed by atoms with E-state index in [9.17, 15) is 4.79 Å². The summed E-state index contributed by atoms with van der Waals surface area (Å²) < 4.78 is 5.04. The Kier molecular flexibility index (Phi) is 1.83. The van der Waals surface area contributed by atoms with E-state index < -0.39 is 0 Å². The number of esters is 1. The van der Waals surface area contributed by atoms with Gasteiger partial charge in [0.15, 0.2) is 0 Å². The van der Waals surface area contributed by atoms with Crippen molar-refractivity contribution in [1.29, 1.82) is 0 Å². The Morgan fingerprint density at radius 3 is 3.00 bits per heavy atom. The minimum atomic E-state index is -0.182. The van der Waals surface area contributed by atoms with Gasteiger partial charge in [-0.1, -0.05) is 0 Å². The fraction of sp³-hybridized carbons (Fsp3) is 0.889. The summed E-state index contributed by atoms with van der Waals surface area (Å²) >= 11 is 0. The summed E-state index contributed by atoms with van der Waals surface area (Å²) in [6.07, 6.45) is 3.00. The van der Waals surface area contributed by atoms with Gasteiger partial charge in [0.1, 0.15) is 0 Å². The molecule has 2 heterocycles. The first-order chi connectivity index (χ1) is 5.76. The lowest BCUT2D eigenvalue weighted by Gasteiger charge is -2.36. The van der Waals surface area contributed by atoms with Crippen LogP contribution >= 0.6 is 0 Å². The predicted molar refractivity (Wildman–Crippen MR) is 44.7 cm³/mol. The number of hydrogen-bond donors (Lipinski definition) is 1. The second-order valence-corrected chi connectivity index (χ2v) is 3.82. The largest absolute Gasteiger partial charge is 0.465 e. The number of piperidine rings is 1. The SMILES string of the molecule is C[C@H]1NCCC[C@]12CCOC2=O. The summed E-state index contributed by atoms with van der Waals surface area (Å²) in [4.78, 5) is 11.5. The van der Waals surface area contributed by atoms with Crippen LogP contribution in [0.4, 0.5) is 0 Å². The number of ether oxygens (including phenoxy) is 1. The van der Waals surface area contributed by atoms with Crippen LogP contribution in [0.25, 0.3) is 0 Å². The van der Waals surface area contributed by atoms with Crippen molar-refractivity contribution in [1.82, 2.24) is 5.32 Å². The van der Waals surface area contributed by atoms with Crippen molar-refractivity contribution in [3.63, 3.8) is 0 Å². The molecule has 2 rings (SSSR count).